The zero-order valence-corrected chi connectivity index (χ0v) is 30.5. The van der Waals surface area contributed by atoms with Gasteiger partial charge in [0, 0.05) is 92.7 Å². The van der Waals surface area contributed by atoms with Gasteiger partial charge in [-0.1, -0.05) is 12.0 Å². The third kappa shape index (κ3) is 5.54. The van der Waals surface area contributed by atoms with E-state index in [4.69, 9.17) is 31.7 Å². The smallest absolute Gasteiger partial charge is 0.319 e. The predicted octanol–water partition coefficient (Wildman–Crippen LogP) is 5.98. The molecule has 4 aliphatic rings. The van der Waals surface area contributed by atoms with Gasteiger partial charge in [-0.05, 0) is 68.9 Å². The third-order valence-electron chi connectivity index (χ3n) is 11.9. The van der Waals surface area contributed by atoms with E-state index in [-0.39, 0.29) is 59.9 Å². The van der Waals surface area contributed by atoms with Crippen LogP contribution in [0, 0.1) is 29.4 Å². The Hall–Kier alpha value is -4.71. The molecule has 2 aromatic heterocycles. The van der Waals surface area contributed by atoms with Crippen molar-refractivity contribution in [1.82, 2.24) is 29.5 Å². The number of piperazine rings is 1. The van der Waals surface area contributed by atoms with Gasteiger partial charge in [0.1, 0.15) is 29.3 Å². The molecule has 1 saturated carbocycles. The minimum atomic E-state index is -2.92. The van der Waals surface area contributed by atoms with E-state index in [1.807, 2.05) is 0 Å². The highest BCUT2D eigenvalue weighted by Gasteiger charge is 2.71. The van der Waals surface area contributed by atoms with E-state index < -0.39 is 23.0 Å². The van der Waals surface area contributed by atoms with Gasteiger partial charge in [-0.25, -0.2) is 17.6 Å². The Balaban J connectivity index is 1.26. The maximum Gasteiger partial charge on any atom is 0.319 e. The van der Waals surface area contributed by atoms with Gasteiger partial charge in [0.2, 0.25) is 0 Å². The lowest BCUT2D eigenvalue weighted by Crippen LogP contribution is -2.57. The van der Waals surface area contributed by atoms with Gasteiger partial charge in [-0.3, -0.25) is 9.58 Å². The first-order chi connectivity index (χ1) is 25.9. The first-order valence-electron chi connectivity index (χ1n) is 18.5. The molecule has 1 aliphatic carbocycles. The third-order valence-corrected chi connectivity index (χ3v) is 11.9. The first kappa shape index (κ1) is 35.0. The molecular weight excluding hydrogens is 700 g/mol. The van der Waals surface area contributed by atoms with Crippen molar-refractivity contribution in [2.24, 2.45) is 12.5 Å². The summed E-state index contributed by atoms with van der Waals surface area (Å²) in [6.45, 7) is 2.83. The Morgan fingerprint density at radius 3 is 2.41 bits per heavy atom. The minimum absolute atomic E-state index is 0.0333. The minimum Gasteiger partial charge on any atom is -0.463 e. The van der Waals surface area contributed by atoms with Gasteiger partial charge in [0.15, 0.2) is 5.82 Å². The molecule has 2 N–H and O–H groups in total. The molecule has 3 aliphatic heterocycles. The molecule has 2 bridgehead atoms. The number of hydrogen-bond acceptors (Lipinski definition) is 9. The highest BCUT2D eigenvalue weighted by molar-refractivity contribution is 6.18. The summed E-state index contributed by atoms with van der Waals surface area (Å²) in [5, 5.41) is 6.61. The number of nitrogens with two attached hydrogens (primary N) is 1. The highest BCUT2D eigenvalue weighted by atomic mass is 19.3. The summed E-state index contributed by atoms with van der Waals surface area (Å²) in [7, 11) is 5.22. The fraction of sp³-hybridized carbons (Fsp3) is 0.475. The van der Waals surface area contributed by atoms with E-state index >= 15 is 8.78 Å². The number of rotatable bonds is 8. The molecule has 0 spiro atoms. The van der Waals surface area contributed by atoms with E-state index in [0.29, 0.717) is 44.6 Å². The Kier molecular flexibility index (Phi) is 8.22. The van der Waals surface area contributed by atoms with Crippen molar-refractivity contribution in [2.75, 3.05) is 64.2 Å². The van der Waals surface area contributed by atoms with E-state index in [0.717, 1.165) is 52.0 Å². The number of likely N-dealkylation sites (tertiary alicyclic amines) is 1. The van der Waals surface area contributed by atoms with Crippen molar-refractivity contribution in [2.45, 2.75) is 56.2 Å². The number of halogens is 4. The van der Waals surface area contributed by atoms with Crippen molar-refractivity contribution in [3.05, 3.63) is 47.7 Å². The molecule has 5 aromatic rings. The van der Waals surface area contributed by atoms with E-state index in [9.17, 15) is 8.78 Å². The van der Waals surface area contributed by atoms with Gasteiger partial charge in [-0.15, -0.1) is 6.42 Å². The first-order valence-corrected chi connectivity index (χ1v) is 18.5. The van der Waals surface area contributed by atoms with Crippen LogP contribution >= 0.6 is 0 Å². The number of alkyl halides is 2. The standard InChI is InChI=1S/C40H42F4N8O2/c1-5-27-30(41)9-6-22-14-23(45)15-28(31(22)27)32-34(42)36-33(29-18-50(4)48-35(29)32)37(47-38(46-36)54-21-39(20-49(2)3)19-40(39,43)44)52-25-7-8-26(52)17-51(16-25)24-10-12-53-13-11-24/h1,6,9,14-15,18,24-26H,7-8,10-13,16-17,19-21,45H2,2-4H3/t25?,26?,39-/m1/s1. The zero-order valence-electron chi connectivity index (χ0n) is 30.5. The van der Waals surface area contributed by atoms with Crippen molar-refractivity contribution in [3.8, 4) is 29.5 Å². The monoisotopic (exact) mass is 742 g/mol. The van der Waals surface area contributed by atoms with E-state index in [1.54, 1.807) is 55.1 Å². The van der Waals surface area contributed by atoms with Gasteiger partial charge in [0.05, 0.1) is 16.4 Å². The number of nitrogens with zero attached hydrogens (tertiary/aromatic N) is 7. The van der Waals surface area contributed by atoms with E-state index in [2.05, 4.69) is 20.7 Å². The van der Waals surface area contributed by atoms with Crippen molar-refractivity contribution in [3.63, 3.8) is 0 Å². The second-order valence-electron chi connectivity index (χ2n) is 15.8. The summed E-state index contributed by atoms with van der Waals surface area (Å²) in [5.41, 5.74) is 5.78. The lowest BCUT2D eigenvalue weighted by Gasteiger charge is -2.46. The number of aryl methyl sites for hydroxylation is 1. The van der Waals surface area contributed by atoms with Crippen LogP contribution in [0.2, 0.25) is 0 Å². The Bertz CT molecular complexity index is 2360. The molecule has 2 unspecified atom stereocenters. The number of hydrogen-bond donors (Lipinski definition) is 1. The molecular formula is C40H42F4N8O2. The molecule has 0 radical (unpaired) electrons. The lowest BCUT2D eigenvalue weighted by molar-refractivity contribution is 0.0259. The van der Waals surface area contributed by atoms with Crippen molar-refractivity contribution >= 4 is 44.1 Å². The number of ether oxygens (including phenoxy) is 2. The largest absolute Gasteiger partial charge is 0.463 e. The van der Waals surface area contributed by atoms with Gasteiger partial charge < -0.3 is 25.0 Å². The quantitative estimate of drug-likeness (QED) is 0.117. The van der Waals surface area contributed by atoms with Crippen LogP contribution in [-0.2, 0) is 11.8 Å². The normalized spacial score (nSPS) is 24.2. The molecule has 282 valence electrons. The van der Waals surface area contributed by atoms with Crippen LogP contribution in [0.15, 0.2) is 30.5 Å². The van der Waals surface area contributed by atoms with Gasteiger partial charge in [0.25, 0.3) is 5.92 Å². The van der Waals surface area contributed by atoms with Crippen LogP contribution < -0.4 is 15.4 Å². The van der Waals surface area contributed by atoms with Crippen LogP contribution in [0.4, 0.5) is 29.1 Å². The van der Waals surface area contributed by atoms with Crippen molar-refractivity contribution < 1.29 is 27.0 Å². The molecule has 4 fully saturated rings. The average Bonchev–Trinajstić information content (AvgIpc) is 3.32. The second-order valence-corrected chi connectivity index (χ2v) is 15.8. The summed E-state index contributed by atoms with van der Waals surface area (Å²) >= 11 is 0. The number of nitrogen functional groups attached to an aromatic ring is 1. The molecule has 54 heavy (non-hydrogen) atoms. The van der Waals surface area contributed by atoms with E-state index in [1.165, 1.54) is 6.07 Å². The number of terminal acetylenes is 1. The molecule has 14 heteroatoms. The van der Waals surface area contributed by atoms with Gasteiger partial charge in [-0.2, -0.15) is 15.1 Å². The topological polar surface area (TPSA) is 97.8 Å². The number of benzene rings is 3. The van der Waals surface area contributed by atoms with Crippen LogP contribution in [0.5, 0.6) is 6.01 Å². The summed E-state index contributed by atoms with van der Waals surface area (Å²) in [6.07, 6.45) is 11.1. The molecule has 10 nitrogen and oxygen atoms in total. The van der Waals surface area contributed by atoms with Crippen LogP contribution in [-0.4, -0.2) is 107 Å². The maximum atomic E-state index is 17.8. The van der Waals surface area contributed by atoms with Crippen LogP contribution in [0.3, 0.4) is 0 Å². The fourth-order valence-corrected chi connectivity index (χ4v) is 9.41. The lowest BCUT2D eigenvalue weighted by atomic mass is 9.91. The summed E-state index contributed by atoms with van der Waals surface area (Å²) in [4.78, 5) is 16.1. The predicted molar refractivity (Wildman–Crippen MR) is 200 cm³/mol. The summed E-state index contributed by atoms with van der Waals surface area (Å²) in [6, 6.07) is 6.42. The highest BCUT2D eigenvalue weighted by Crippen LogP contribution is 2.60. The maximum absolute atomic E-state index is 17.8. The SMILES string of the molecule is C#Cc1c(F)ccc2cc(N)cc(-c3c(F)c4nc(OC[C@]5(CN(C)C)CC5(F)F)nc(N5C6CCC5CN(C5CCOCC5)C6)c4c4cn(C)nc34)c12. The zero-order chi connectivity index (χ0) is 37.7. The number of anilines is 2. The molecule has 3 atom stereocenters. The van der Waals surface area contributed by atoms with Crippen molar-refractivity contribution in [1.29, 1.82) is 0 Å². The van der Waals surface area contributed by atoms with Gasteiger partial charge >= 0.3 is 6.01 Å². The number of fused-ring (bicyclic) bond motifs is 6. The molecule has 0 amide bonds. The average molecular weight is 743 g/mol. The van der Waals surface area contributed by atoms with Crippen LogP contribution in [0.1, 0.15) is 37.7 Å². The molecule has 9 rings (SSSR count). The summed E-state index contributed by atoms with van der Waals surface area (Å²) < 4.78 is 76.1. The fourth-order valence-electron chi connectivity index (χ4n) is 9.41. The number of aromatic nitrogens is 4. The Morgan fingerprint density at radius 1 is 1.02 bits per heavy atom. The molecule has 5 heterocycles. The van der Waals surface area contributed by atoms with Crippen LogP contribution in [0.25, 0.3) is 43.7 Å². The Labute approximate surface area is 310 Å². The molecule has 3 aromatic carbocycles. The Morgan fingerprint density at radius 2 is 1.74 bits per heavy atom. The molecule has 3 saturated heterocycles. The second kappa shape index (κ2) is 12.7. The summed E-state index contributed by atoms with van der Waals surface area (Å²) in [5.74, 6) is -1.38.